The number of hydrogen-bond acceptors (Lipinski definition) is 8. The summed E-state index contributed by atoms with van der Waals surface area (Å²) in [7, 11) is 5.98. The fourth-order valence-corrected chi connectivity index (χ4v) is 3.64. The number of aliphatic hydroxyl groups is 1. The fourth-order valence-electron chi connectivity index (χ4n) is 3.64. The van der Waals surface area contributed by atoms with Crippen LogP contribution in [-0.2, 0) is 9.53 Å². The molecule has 1 atom stereocenters. The first-order valence-electron chi connectivity index (χ1n) is 9.59. The Balaban J connectivity index is 2.15. The first-order chi connectivity index (χ1) is 15.0. The van der Waals surface area contributed by atoms with Crippen LogP contribution in [0.15, 0.2) is 46.3 Å². The number of carbonyl (C=O) groups excluding carboxylic acids is 2. The molecular weight excluding hydrogens is 406 g/mol. The van der Waals surface area contributed by atoms with Gasteiger partial charge in [-0.1, -0.05) is 0 Å². The monoisotopic (exact) mass is 431 g/mol. The van der Waals surface area contributed by atoms with E-state index in [1.54, 1.807) is 25.3 Å². The van der Waals surface area contributed by atoms with E-state index < -0.39 is 23.5 Å². The predicted molar refractivity (Wildman–Crippen MR) is 110 cm³/mol. The van der Waals surface area contributed by atoms with E-state index in [0.29, 0.717) is 35.8 Å². The SMILES string of the molecule is COCCCN1C(=O)C(O)=C(C(=O)c2ccco2)[C@H]1c1cc(OC)c(OC)c(OC)c1. The van der Waals surface area contributed by atoms with Crippen molar-refractivity contribution < 1.29 is 38.1 Å². The lowest BCUT2D eigenvalue weighted by molar-refractivity contribution is -0.129. The fraction of sp³-hybridized carbons (Fsp3) is 0.364. The van der Waals surface area contributed by atoms with Crippen molar-refractivity contribution in [3.8, 4) is 17.2 Å². The summed E-state index contributed by atoms with van der Waals surface area (Å²) in [6.07, 6.45) is 1.87. The number of ether oxygens (including phenoxy) is 4. The highest BCUT2D eigenvalue weighted by Crippen LogP contribution is 2.45. The van der Waals surface area contributed by atoms with Crippen molar-refractivity contribution in [1.82, 2.24) is 4.90 Å². The second-order valence-electron chi connectivity index (χ2n) is 6.77. The van der Waals surface area contributed by atoms with E-state index in [1.165, 1.54) is 38.6 Å². The molecule has 2 heterocycles. The maximum Gasteiger partial charge on any atom is 0.290 e. The van der Waals surface area contributed by atoms with Crippen LogP contribution in [0, 0.1) is 0 Å². The molecule has 1 aliphatic rings. The highest BCUT2D eigenvalue weighted by atomic mass is 16.5. The minimum atomic E-state index is -0.879. The van der Waals surface area contributed by atoms with Crippen LogP contribution in [0.1, 0.15) is 28.6 Å². The summed E-state index contributed by atoms with van der Waals surface area (Å²) in [6, 6.07) is 5.46. The van der Waals surface area contributed by atoms with Gasteiger partial charge in [0.2, 0.25) is 11.5 Å². The molecule has 1 aromatic carbocycles. The van der Waals surface area contributed by atoms with E-state index in [2.05, 4.69) is 0 Å². The molecule has 1 amide bonds. The Bertz CT molecular complexity index is 954. The van der Waals surface area contributed by atoms with Gasteiger partial charge in [0.1, 0.15) is 0 Å². The molecule has 0 unspecified atom stereocenters. The van der Waals surface area contributed by atoms with Crippen LogP contribution in [0.3, 0.4) is 0 Å². The molecule has 1 aliphatic heterocycles. The van der Waals surface area contributed by atoms with Crippen LogP contribution in [0.5, 0.6) is 17.2 Å². The van der Waals surface area contributed by atoms with Crippen LogP contribution in [0.25, 0.3) is 0 Å². The zero-order valence-electron chi connectivity index (χ0n) is 17.8. The van der Waals surface area contributed by atoms with Crippen molar-refractivity contribution in [2.45, 2.75) is 12.5 Å². The molecule has 0 saturated carbocycles. The normalized spacial score (nSPS) is 16.1. The van der Waals surface area contributed by atoms with E-state index in [0.717, 1.165) is 0 Å². The lowest BCUT2D eigenvalue weighted by atomic mass is 9.94. The van der Waals surface area contributed by atoms with Gasteiger partial charge in [-0.25, -0.2) is 0 Å². The van der Waals surface area contributed by atoms with Crippen molar-refractivity contribution in [1.29, 1.82) is 0 Å². The van der Waals surface area contributed by atoms with Crippen molar-refractivity contribution >= 4 is 11.7 Å². The average Bonchev–Trinajstić information content (AvgIpc) is 3.41. The van der Waals surface area contributed by atoms with E-state index in [9.17, 15) is 14.7 Å². The Kier molecular flexibility index (Phi) is 6.86. The zero-order chi connectivity index (χ0) is 22.5. The number of rotatable bonds is 10. The van der Waals surface area contributed by atoms with Gasteiger partial charge >= 0.3 is 0 Å². The maximum atomic E-state index is 13.2. The van der Waals surface area contributed by atoms with Crippen molar-refractivity contribution in [3.63, 3.8) is 0 Å². The van der Waals surface area contributed by atoms with E-state index in [-0.39, 0.29) is 17.9 Å². The number of hydrogen-bond donors (Lipinski definition) is 1. The lowest BCUT2D eigenvalue weighted by Crippen LogP contribution is -2.32. The Hall–Kier alpha value is -3.46. The van der Waals surface area contributed by atoms with Gasteiger partial charge in [-0.3, -0.25) is 9.59 Å². The Morgan fingerprint density at radius 2 is 1.81 bits per heavy atom. The number of carbonyl (C=O) groups is 2. The number of methoxy groups -OCH3 is 4. The van der Waals surface area contributed by atoms with Crippen LogP contribution in [-0.4, -0.2) is 63.3 Å². The summed E-state index contributed by atoms with van der Waals surface area (Å²) in [5, 5.41) is 10.6. The summed E-state index contributed by atoms with van der Waals surface area (Å²) in [5.41, 5.74) is 0.436. The van der Waals surface area contributed by atoms with Crippen LogP contribution < -0.4 is 14.2 Å². The smallest absolute Gasteiger partial charge is 0.290 e. The maximum absolute atomic E-state index is 13.2. The summed E-state index contributed by atoms with van der Waals surface area (Å²) in [6.45, 7) is 0.668. The highest BCUT2D eigenvalue weighted by Gasteiger charge is 2.44. The summed E-state index contributed by atoms with van der Waals surface area (Å²) < 4.78 is 26.5. The summed E-state index contributed by atoms with van der Waals surface area (Å²) in [5.74, 6) is -0.734. The van der Waals surface area contributed by atoms with Crippen molar-refractivity contribution in [2.75, 3.05) is 41.6 Å². The number of nitrogens with zero attached hydrogens (tertiary/aromatic N) is 1. The second kappa shape index (κ2) is 9.57. The van der Waals surface area contributed by atoms with Gasteiger partial charge in [-0.05, 0) is 36.2 Å². The Morgan fingerprint density at radius 1 is 1.13 bits per heavy atom. The van der Waals surface area contributed by atoms with E-state index >= 15 is 0 Å². The number of benzene rings is 1. The summed E-state index contributed by atoms with van der Waals surface area (Å²) in [4.78, 5) is 27.5. The molecule has 9 nitrogen and oxygen atoms in total. The first kappa shape index (κ1) is 22.2. The molecule has 166 valence electrons. The largest absolute Gasteiger partial charge is 0.503 e. The Labute approximate surface area is 179 Å². The number of amides is 1. The van der Waals surface area contributed by atoms with Gasteiger partial charge < -0.3 is 33.4 Å². The highest BCUT2D eigenvalue weighted by molar-refractivity contribution is 6.15. The quantitative estimate of drug-likeness (QED) is 0.452. The van der Waals surface area contributed by atoms with E-state index in [1.807, 2.05) is 0 Å². The van der Waals surface area contributed by atoms with Gasteiger partial charge in [0.05, 0.1) is 39.2 Å². The van der Waals surface area contributed by atoms with Gasteiger partial charge in [0.25, 0.3) is 5.91 Å². The molecule has 0 fully saturated rings. The van der Waals surface area contributed by atoms with Crippen LogP contribution in [0.2, 0.25) is 0 Å². The third kappa shape index (κ3) is 4.09. The van der Waals surface area contributed by atoms with Crippen LogP contribution >= 0.6 is 0 Å². The molecule has 0 spiro atoms. The van der Waals surface area contributed by atoms with Gasteiger partial charge in [-0.2, -0.15) is 0 Å². The van der Waals surface area contributed by atoms with Crippen molar-refractivity contribution in [3.05, 3.63) is 53.2 Å². The van der Waals surface area contributed by atoms with Crippen LogP contribution in [0.4, 0.5) is 0 Å². The predicted octanol–water partition coefficient (Wildman–Crippen LogP) is 2.92. The molecule has 2 aromatic rings. The standard InChI is InChI=1S/C22H25NO8/c1-27-9-6-8-23-18(13-11-15(28-2)21(30-4)16(12-13)29-3)17(20(25)22(23)26)19(24)14-7-5-10-31-14/h5,7,10-12,18,25H,6,8-9H2,1-4H3/t18-/m1/s1. The van der Waals surface area contributed by atoms with Gasteiger partial charge in [0.15, 0.2) is 23.0 Å². The average molecular weight is 431 g/mol. The minimum Gasteiger partial charge on any atom is -0.503 e. The molecule has 9 heteroatoms. The molecule has 0 bridgehead atoms. The third-order valence-electron chi connectivity index (χ3n) is 5.04. The molecule has 0 saturated heterocycles. The zero-order valence-corrected chi connectivity index (χ0v) is 17.8. The molecule has 1 N–H and O–H groups in total. The van der Waals surface area contributed by atoms with Gasteiger partial charge in [0, 0.05) is 20.3 Å². The molecule has 31 heavy (non-hydrogen) atoms. The molecular formula is C22H25NO8. The number of furan rings is 1. The molecule has 0 radical (unpaired) electrons. The Morgan fingerprint density at radius 3 is 2.32 bits per heavy atom. The lowest BCUT2D eigenvalue weighted by Gasteiger charge is -2.27. The number of aliphatic hydroxyl groups excluding tert-OH is 1. The van der Waals surface area contributed by atoms with Crippen molar-refractivity contribution in [2.24, 2.45) is 0 Å². The molecule has 1 aromatic heterocycles. The topological polar surface area (TPSA) is 108 Å². The third-order valence-corrected chi connectivity index (χ3v) is 5.04. The minimum absolute atomic E-state index is 0.0190. The first-order valence-corrected chi connectivity index (χ1v) is 9.59. The van der Waals surface area contributed by atoms with Gasteiger partial charge in [-0.15, -0.1) is 0 Å². The van der Waals surface area contributed by atoms with E-state index in [4.69, 9.17) is 23.4 Å². The second-order valence-corrected chi connectivity index (χ2v) is 6.77. The number of ketones is 1. The summed E-state index contributed by atoms with van der Waals surface area (Å²) >= 11 is 0. The molecule has 3 rings (SSSR count). The number of Topliss-reactive ketones (excluding diaryl/α,β-unsaturated/α-hetero) is 1. The molecule has 0 aliphatic carbocycles.